The van der Waals surface area contributed by atoms with Crippen molar-refractivity contribution in [3.63, 3.8) is 0 Å². The van der Waals surface area contributed by atoms with Crippen molar-refractivity contribution >= 4 is 24.5 Å². The van der Waals surface area contributed by atoms with Gasteiger partial charge in [0, 0.05) is 6.47 Å². The van der Waals surface area contributed by atoms with E-state index in [0.29, 0.717) is 17.8 Å². The van der Waals surface area contributed by atoms with Crippen LogP contribution in [-0.4, -0.2) is 24.5 Å². The number of aromatic nitrogens is 1. The van der Waals surface area contributed by atoms with Crippen molar-refractivity contribution in [1.29, 1.82) is 0 Å². The number of hydrogen-bond donors (Lipinski definition) is 1. The van der Waals surface area contributed by atoms with Crippen molar-refractivity contribution < 1.29 is 28.8 Å². The van der Waals surface area contributed by atoms with Gasteiger partial charge in [0.15, 0.2) is 18.7 Å². The summed E-state index contributed by atoms with van der Waals surface area (Å²) in [6.07, 6.45) is 3.67. The van der Waals surface area contributed by atoms with E-state index >= 15 is 0 Å². The largest absolute Gasteiger partial charge is 0.554 e. The van der Waals surface area contributed by atoms with Crippen LogP contribution in [0, 0.1) is 0 Å². The molecule has 0 aromatic carbocycles. The van der Waals surface area contributed by atoms with Gasteiger partial charge in [-0.15, -0.1) is 0 Å². The molecule has 0 spiro atoms. The fourth-order valence-electron chi connectivity index (χ4n) is 1.40. The number of nitrogens with one attached hydrogen (secondary N) is 1. The van der Waals surface area contributed by atoms with E-state index in [1.165, 1.54) is 0 Å². The standard InChI is InChI=1S/C13H18N2O3.CH2O2/c1-5-15-7-10(9-16)6-11(8-15)14-12(17)18-13(2,3)4;2-1-3/h6-9H,5H2,1-4H3;1H,(H,2,3). The monoisotopic (exact) mass is 296 g/mol. The molecule has 1 aromatic heterocycles. The van der Waals surface area contributed by atoms with Crippen molar-refractivity contribution in [2.45, 2.75) is 39.8 Å². The molecule has 0 aliphatic rings. The van der Waals surface area contributed by atoms with E-state index in [2.05, 4.69) is 5.32 Å². The molecule has 1 heterocycles. The Kier molecular flexibility index (Phi) is 7.67. The van der Waals surface area contributed by atoms with Crippen LogP contribution in [0.15, 0.2) is 18.5 Å². The van der Waals surface area contributed by atoms with Gasteiger partial charge in [0.05, 0.1) is 5.56 Å². The highest BCUT2D eigenvalue weighted by atomic mass is 16.6. The molecular formula is C14H20N2O5. The average molecular weight is 296 g/mol. The summed E-state index contributed by atoms with van der Waals surface area (Å²) in [6, 6.07) is 1.60. The van der Waals surface area contributed by atoms with E-state index in [1.807, 2.05) is 11.5 Å². The third kappa shape index (κ3) is 8.35. The van der Waals surface area contributed by atoms with Crippen molar-refractivity contribution in [2.75, 3.05) is 5.32 Å². The minimum absolute atomic E-state index is 0.500. The summed E-state index contributed by atoms with van der Waals surface area (Å²) in [6.45, 7) is 7.54. The smallest absolute Gasteiger partial charge is 0.412 e. The van der Waals surface area contributed by atoms with Crippen LogP contribution in [0.5, 0.6) is 0 Å². The van der Waals surface area contributed by atoms with Gasteiger partial charge in [-0.05, 0) is 33.8 Å². The second kappa shape index (κ2) is 8.68. The zero-order chi connectivity index (χ0) is 16.5. The molecule has 0 fully saturated rings. The molecule has 0 aliphatic heterocycles. The van der Waals surface area contributed by atoms with E-state index in [-0.39, 0.29) is 0 Å². The number of carboxylic acid groups (broad SMARTS) is 1. The number of aldehydes is 1. The van der Waals surface area contributed by atoms with Crippen molar-refractivity contribution in [3.05, 3.63) is 24.0 Å². The van der Waals surface area contributed by atoms with Gasteiger partial charge in [0.2, 0.25) is 0 Å². The summed E-state index contributed by atoms with van der Waals surface area (Å²) in [5.74, 6) is 0. The van der Waals surface area contributed by atoms with Crippen LogP contribution >= 0.6 is 0 Å². The molecule has 0 saturated heterocycles. The highest BCUT2D eigenvalue weighted by Gasteiger charge is 2.17. The van der Waals surface area contributed by atoms with Crippen LogP contribution in [0.1, 0.15) is 38.1 Å². The Bertz CT molecular complexity index is 495. The van der Waals surface area contributed by atoms with Gasteiger partial charge in [0.25, 0.3) is 0 Å². The van der Waals surface area contributed by atoms with Gasteiger partial charge in [-0.1, -0.05) is 0 Å². The maximum atomic E-state index is 11.6. The fourth-order valence-corrected chi connectivity index (χ4v) is 1.40. The first-order chi connectivity index (χ1) is 9.75. The zero-order valence-electron chi connectivity index (χ0n) is 12.6. The van der Waals surface area contributed by atoms with Crippen LogP contribution < -0.4 is 15.0 Å². The molecule has 0 saturated carbocycles. The molecule has 0 atom stereocenters. The second-order valence-corrected chi connectivity index (χ2v) is 5.03. The number of aryl methyl sites for hydroxylation is 1. The molecule has 0 aliphatic carbocycles. The molecular weight excluding hydrogens is 276 g/mol. The van der Waals surface area contributed by atoms with Crippen LogP contribution in [0.25, 0.3) is 0 Å². The molecule has 1 rings (SSSR count). The zero-order valence-corrected chi connectivity index (χ0v) is 12.6. The maximum absolute atomic E-state index is 11.6. The topological polar surface area (TPSA) is 99.4 Å². The Morgan fingerprint density at radius 1 is 1.38 bits per heavy atom. The number of carbonyl (C=O) groups excluding carboxylic acids is 3. The lowest BCUT2D eigenvalue weighted by Gasteiger charge is -2.19. The summed E-state index contributed by atoms with van der Waals surface area (Å²) in [5, 5.41) is 10.9. The number of nitrogens with zero attached hydrogens (tertiary/aromatic N) is 1. The highest BCUT2D eigenvalue weighted by Crippen LogP contribution is 2.11. The Hall–Kier alpha value is -2.44. The molecule has 1 amide bonds. The van der Waals surface area contributed by atoms with E-state index in [0.717, 1.165) is 6.29 Å². The third-order valence-electron chi connectivity index (χ3n) is 2.09. The Balaban J connectivity index is 0.00000122. The first-order valence-electron chi connectivity index (χ1n) is 6.30. The van der Waals surface area contributed by atoms with Gasteiger partial charge < -0.3 is 14.6 Å². The lowest BCUT2D eigenvalue weighted by atomic mass is 10.2. The molecule has 116 valence electrons. The Morgan fingerprint density at radius 2 is 1.95 bits per heavy atom. The summed E-state index contributed by atoms with van der Waals surface area (Å²) >= 11 is 0. The van der Waals surface area contributed by atoms with Crippen molar-refractivity contribution in [2.24, 2.45) is 0 Å². The molecule has 1 N–H and O–H groups in total. The molecule has 0 unspecified atom stereocenters. The van der Waals surface area contributed by atoms with E-state index in [4.69, 9.17) is 14.6 Å². The summed E-state index contributed by atoms with van der Waals surface area (Å²) < 4.78 is 6.96. The lowest BCUT2D eigenvalue weighted by molar-refractivity contribution is -0.693. The molecule has 7 nitrogen and oxygen atoms in total. The number of ether oxygens (including phenoxy) is 1. The molecule has 7 heteroatoms. The average Bonchev–Trinajstić information content (AvgIpc) is 2.36. The van der Waals surface area contributed by atoms with Crippen LogP contribution in [-0.2, 0) is 16.1 Å². The number of rotatable bonds is 3. The minimum Gasteiger partial charge on any atom is -0.554 e. The summed E-state index contributed by atoms with van der Waals surface area (Å²) in [5.41, 5.74) is 0.494. The van der Waals surface area contributed by atoms with E-state index < -0.39 is 18.2 Å². The fraction of sp³-hybridized carbons (Fsp3) is 0.429. The predicted octanol–water partition coefficient (Wildman–Crippen LogP) is 0.520. The minimum atomic E-state index is -0.549. The molecule has 1 aromatic rings. The summed E-state index contributed by atoms with van der Waals surface area (Å²) in [4.78, 5) is 30.6. The van der Waals surface area contributed by atoms with Gasteiger partial charge in [-0.2, -0.15) is 0 Å². The van der Waals surface area contributed by atoms with Crippen molar-refractivity contribution in [1.82, 2.24) is 0 Å². The quantitative estimate of drug-likeness (QED) is 0.647. The second-order valence-electron chi connectivity index (χ2n) is 5.03. The van der Waals surface area contributed by atoms with E-state index in [1.54, 1.807) is 39.2 Å². The van der Waals surface area contributed by atoms with Crippen molar-refractivity contribution in [3.8, 4) is 0 Å². The predicted molar refractivity (Wildman–Crippen MR) is 73.6 cm³/mol. The normalized spacial score (nSPS) is 9.90. The number of carbonyl (C=O) groups is 3. The molecule has 21 heavy (non-hydrogen) atoms. The van der Waals surface area contributed by atoms with Gasteiger partial charge in [0.1, 0.15) is 17.8 Å². The first kappa shape index (κ1) is 18.6. The number of anilines is 1. The SMILES string of the molecule is CC[n+]1cc(C=O)cc(NC(=O)OC(C)(C)C)c1.O=C[O-]. The third-order valence-corrected chi connectivity index (χ3v) is 2.09. The van der Waals surface area contributed by atoms with Crippen LogP contribution in [0.4, 0.5) is 10.5 Å². The molecule has 0 radical (unpaired) electrons. The first-order valence-corrected chi connectivity index (χ1v) is 6.30. The maximum Gasteiger partial charge on any atom is 0.412 e. The Labute approximate surface area is 123 Å². The summed E-state index contributed by atoms with van der Waals surface area (Å²) in [7, 11) is 0. The number of pyridine rings is 1. The van der Waals surface area contributed by atoms with Gasteiger partial charge >= 0.3 is 6.09 Å². The lowest BCUT2D eigenvalue weighted by Crippen LogP contribution is -2.33. The van der Waals surface area contributed by atoms with Crippen LogP contribution in [0.2, 0.25) is 0 Å². The number of amides is 1. The van der Waals surface area contributed by atoms with Crippen LogP contribution in [0.3, 0.4) is 0 Å². The highest BCUT2D eigenvalue weighted by molar-refractivity contribution is 5.86. The Morgan fingerprint density at radius 3 is 2.38 bits per heavy atom. The number of hydrogen-bond acceptors (Lipinski definition) is 5. The van der Waals surface area contributed by atoms with E-state index in [9.17, 15) is 9.59 Å². The van der Waals surface area contributed by atoms with Gasteiger partial charge in [-0.3, -0.25) is 10.1 Å². The molecule has 0 bridgehead atoms. The van der Waals surface area contributed by atoms with Gasteiger partial charge in [-0.25, -0.2) is 9.36 Å².